The van der Waals surface area contributed by atoms with Crippen molar-refractivity contribution in [3.63, 3.8) is 0 Å². The molecule has 0 bridgehead atoms. The highest BCUT2D eigenvalue weighted by Crippen LogP contribution is 2.17. The van der Waals surface area contributed by atoms with Crippen molar-refractivity contribution in [3.8, 4) is 0 Å². The average Bonchev–Trinajstić information content (AvgIpc) is 2.62. The van der Waals surface area contributed by atoms with Gasteiger partial charge < -0.3 is 10.3 Å². The molecule has 0 aliphatic rings. The minimum atomic E-state index is -3.53. The summed E-state index contributed by atoms with van der Waals surface area (Å²) in [6.07, 6.45) is 1.40. The molecule has 17 heavy (non-hydrogen) atoms. The van der Waals surface area contributed by atoms with Crippen LogP contribution in [0.4, 0.5) is 0 Å². The van der Waals surface area contributed by atoms with Crippen molar-refractivity contribution in [1.82, 2.24) is 8.87 Å². The number of hydrogen-bond acceptors (Lipinski definition) is 3. The number of rotatable bonds is 5. The number of sulfonamides is 1. The van der Waals surface area contributed by atoms with Crippen LogP contribution in [0.2, 0.25) is 0 Å². The van der Waals surface area contributed by atoms with Gasteiger partial charge >= 0.3 is 0 Å². The third kappa shape index (κ3) is 2.50. The van der Waals surface area contributed by atoms with E-state index in [4.69, 9.17) is 5.73 Å². The molecule has 1 aromatic rings. The molecule has 0 spiro atoms. The van der Waals surface area contributed by atoms with Gasteiger partial charge in [0.15, 0.2) is 0 Å². The molecule has 1 amide bonds. The Morgan fingerprint density at radius 1 is 1.41 bits per heavy atom. The van der Waals surface area contributed by atoms with Crippen molar-refractivity contribution in [2.24, 2.45) is 12.8 Å². The molecule has 0 aromatic carbocycles. The number of nitrogens with zero attached hydrogens (tertiary/aromatic N) is 2. The monoisotopic (exact) mass is 259 g/mol. The second kappa shape index (κ2) is 4.89. The number of nitrogens with two attached hydrogens (primary N) is 1. The summed E-state index contributed by atoms with van der Waals surface area (Å²) < 4.78 is 27.0. The zero-order chi connectivity index (χ0) is 13.2. The fourth-order valence-electron chi connectivity index (χ4n) is 1.63. The minimum absolute atomic E-state index is 0.0949. The molecule has 0 radical (unpaired) electrons. The lowest BCUT2D eigenvalue weighted by Gasteiger charge is -2.17. The van der Waals surface area contributed by atoms with Gasteiger partial charge in [-0.25, -0.2) is 8.42 Å². The van der Waals surface area contributed by atoms with Crippen molar-refractivity contribution >= 4 is 15.9 Å². The Labute approximate surface area is 101 Å². The smallest absolute Gasteiger partial charge is 0.265 e. The van der Waals surface area contributed by atoms with Crippen LogP contribution in [0.25, 0.3) is 0 Å². The Kier molecular flexibility index (Phi) is 3.94. The summed E-state index contributed by atoms with van der Waals surface area (Å²) in [5.41, 5.74) is 5.32. The van der Waals surface area contributed by atoms with Gasteiger partial charge in [0.1, 0.15) is 10.6 Å². The van der Waals surface area contributed by atoms with E-state index in [1.165, 1.54) is 21.1 Å². The largest absolute Gasteiger partial charge is 0.364 e. The summed E-state index contributed by atoms with van der Waals surface area (Å²) in [6.45, 7) is 4.30. The van der Waals surface area contributed by atoms with Gasteiger partial charge in [-0.3, -0.25) is 4.79 Å². The first kappa shape index (κ1) is 13.7. The molecule has 1 heterocycles. The molecule has 0 atom stereocenters. The minimum Gasteiger partial charge on any atom is -0.364 e. The van der Waals surface area contributed by atoms with Crippen molar-refractivity contribution in [2.75, 3.05) is 13.1 Å². The van der Waals surface area contributed by atoms with E-state index >= 15 is 0 Å². The lowest BCUT2D eigenvalue weighted by Crippen LogP contribution is -2.30. The topological polar surface area (TPSA) is 85.4 Å². The first-order valence-corrected chi connectivity index (χ1v) is 6.74. The normalized spacial score (nSPS) is 12.0. The zero-order valence-electron chi connectivity index (χ0n) is 10.2. The molecular weight excluding hydrogens is 242 g/mol. The highest BCUT2D eigenvalue weighted by molar-refractivity contribution is 7.89. The Balaban J connectivity index is 3.25. The number of primary amides is 1. The van der Waals surface area contributed by atoms with E-state index in [1.807, 2.05) is 0 Å². The first-order chi connectivity index (χ1) is 7.84. The second-order valence-electron chi connectivity index (χ2n) is 3.63. The molecule has 0 aliphatic carbocycles. The molecule has 1 rings (SSSR count). The molecular formula is C10H17N3O3S. The zero-order valence-corrected chi connectivity index (χ0v) is 11.0. The van der Waals surface area contributed by atoms with Crippen molar-refractivity contribution in [3.05, 3.63) is 18.0 Å². The lowest BCUT2D eigenvalue weighted by atomic mass is 10.4. The summed E-state index contributed by atoms with van der Waals surface area (Å²) in [7, 11) is -1.95. The highest BCUT2D eigenvalue weighted by Gasteiger charge is 2.24. The summed E-state index contributed by atoms with van der Waals surface area (Å²) in [5, 5.41) is 0. The molecule has 96 valence electrons. The Hall–Kier alpha value is -1.34. The Bertz CT molecular complexity index is 515. The summed E-state index contributed by atoms with van der Waals surface area (Å²) in [5.74, 6) is -0.645. The van der Waals surface area contributed by atoms with E-state index in [0.29, 0.717) is 13.1 Å². The van der Waals surface area contributed by atoms with Crippen LogP contribution in [0.1, 0.15) is 24.3 Å². The maximum atomic E-state index is 12.1. The SMILES string of the molecule is CCN(CC)S(=O)(=O)c1cc(C(N)=O)n(C)c1. The van der Waals surface area contributed by atoms with Crippen LogP contribution in [0.5, 0.6) is 0 Å². The quantitative estimate of drug-likeness (QED) is 0.817. The van der Waals surface area contributed by atoms with Crippen LogP contribution in [-0.2, 0) is 17.1 Å². The predicted octanol–water partition coefficient (Wildman–Crippen LogP) is 0.155. The molecule has 0 fully saturated rings. The van der Waals surface area contributed by atoms with E-state index < -0.39 is 15.9 Å². The van der Waals surface area contributed by atoms with Crippen molar-refractivity contribution < 1.29 is 13.2 Å². The van der Waals surface area contributed by atoms with Crippen LogP contribution in [-0.4, -0.2) is 36.3 Å². The van der Waals surface area contributed by atoms with Crippen LogP contribution >= 0.6 is 0 Å². The molecule has 7 heteroatoms. The molecule has 0 saturated heterocycles. The van der Waals surface area contributed by atoms with E-state index in [9.17, 15) is 13.2 Å². The average molecular weight is 259 g/mol. The third-order valence-electron chi connectivity index (χ3n) is 2.58. The maximum Gasteiger partial charge on any atom is 0.265 e. The standard InChI is InChI=1S/C10H17N3O3S/c1-4-13(5-2)17(15,16)8-6-9(10(11)14)12(3)7-8/h6-7H,4-5H2,1-3H3,(H2,11,14). The number of carbonyl (C=O) groups excluding carboxylic acids is 1. The van der Waals surface area contributed by atoms with Gasteiger partial charge in [-0.05, 0) is 6.07 Å². The number of hydrogen-bond donors (Lipinski definition) is 1. The molecule has 0 unspecified atom stereocenters. The van der Waals surface area contributed by atoms with Crippen molar-refractivity contribution in [2.45, 2.75) is 18.7 Å². The van der Waals surface area contributed by atoms with Gasteiger partial charge in [0, 0.05) is 26.3 Å². The molecule has 0 aliphatic heterocycles. The first-order valence-electron chi connectivity index (χ1n) is 5.30. The van der Waals surface area contributed by atoms with E-state index in [-0.39, 0.29) is 10.6 Å². The van der Waals surface area contributed by atoms with Gasteiger partial charge in [0.25, 0.3) is 5.91 Å². The number of carbonyl (C=O) groups is 1. The fraction of sp³-hybridized carbons (Fsp3) is 0.500. The van der Waals surface area contributed by atoms with E-state index in [0.717, 1.165) is 0 Å². The summed E-state index contributed by atoms with van der Waals surface area (Å²) >= 11 is 0. The Morgan fingerprint density at radius 3 is 2.29 bits per heavy atom. The maximum absolute atomic E-state index is 12.1. The highest BCUT2D eigenvalue weighted by atomic mass is 32.2. The lowest BCUT2D eigenvalue weighted by molar-refractivity contribution is 0.0992. The molecule has 0 saturated carbocycles. The van der Waals surface area contributed by atoms with Crippen LogP contribution < -0.4 is 5.73 Å². The molecule has 1 aromatic heterocycles. The van der Waals surface area contributed by atoms with Gasteiger partial charge in [-0.2, -0.15) is 4.31 Å². The molecule has 6 nitrogen and oxygen atoms in total. The van der Waals surface area contributed by atoms with Crippen molar-refractivity contribution in [1.29, 1.82) is 0 Å². The van der Waals surface area contributed by atoms with Crippen LogP contribution in [0.15, 0.2) is 17.2 Å². The van der Waals surface area contributed by atoms with Gasteiger partial charge in [0.05, 0.1) is 0 Å². The Morgan fingerprint density at radius 2 is 1.94 bits per heavy atom. The predicted molar refractivity (Wildman–Crippen MR) is 64.0 cm³/mol. The van der Waals surface area contributed by atoms with Gasteiger partial charge in [-0.15, -0.1) is 0 Å². The summed E-state index contributed by atoms with van der Waals surface area (Å²) in [4.78, 5) is 11.2. The second-order valence-corrected chi connectivity index (χ2v) is 5.56. The molecule has 2 N–H and O–H groups in total. The van der Waals surface area contributed by atoms with Crippen LogP contribution in [0.3, 0.4) is 0 Å². The number of aryl methyl sites for hydroxylation is 1. The third-order valence-corrected chi connectivity index (χ3v) is 4.59. The fourth-order valence-corrected chi connectivity index (χ4v) is 3.16. The summed E-state index contributed by atoms with van der Waals surface area (Å²) in [6, 6.07) is 1.30. The van der Waals surface area contributed by atoms with Crippen LogP contribution in [0, 0.1) is 0 Å². The number of amides is 1. The van der Waals surface area contributed by atoms with E-state index in [1.54, 1.807) is 20.9 Å². The van der Waals surface area contributed by atoms with Gasteiger partial charge in [-0.1, -0.05) is 13.8 Å². The van der Waals surface area contributed by atoms with Gasteiger partial charge in [0.2, 0.25) is 10.0 Å². The van der Waals surface area contributed by atoms with E-state index in [2.05, 4.69) is 0 Å². The number of aromatic nitrogens is 1.